The highest BCUT2D eigenvalue weighted by Gasteiger charge is 2.15. The first-order valence-electron chi connectivity index (χ1n) is 6.47. The number of carbonyl (C=O) groups excluding carboxylic acids is 1. The molecule has 0 bridgehead atoms. The van der Waals surface area contributed by atoms with Crippen LogP contribution in [0.4, 0.5) is 5.69 Å². The van der Waals surface area contributed by atoms with E-state index in [4.69, 9.17) is 5.11 Å². The molecule has 0 fully saturated rings. The van der Waals surface area contributed by atoms with E-state index in [1.54, 1.807) is 24.8 Å². The van der Waals surface area contributed by atoms with Crippen molar-refractivity contribution in [2.75, 3.05) is 11.1 Å². The average Bonchev–Trinajstić information content (AvgIpc) is 2.81. The number of nitrogens with one attached hydrogen (secondary N) is 2. The van der Waals surface area contributed by atoms with E-state index in [0.717, 1.165) is 4.90 Å². The molecule has 1 aromatic carbocycles. The molecule has 0 aliphatic rings. The van der Waals surface area contributed by atoms with Gasteiger partial charge < -0.3 is 15.4 Å². The molecule has 2 aromatic rings. The highest BCUT2D eigenvalue weighted by atomic mass is 32.2. The summed E-state index contributed by atoms with van der Waals surface area (Å²) in [4.78, 5) is 26.7. The van der Waals surface area contributed by atoms with Crippen LogP contribution in [0.25, 0.3) is 0 Å². The van der Waals surface area contributed by atoms with Crippen molar-refractivity contribution in [3.05, 3.63) is 47.8 Å². The van der Waals surface area contributed by atoms with Gasteiger partial charge in [-0.2, -0.15) is 0 Å². The number of amides is 1. The van der Waals surface area contributed by atoms with E-state index >= 15 is 0 Å². The van der Waals surface area contributed by atoms with Crippen molar-refractivity contribution >= 4 is 29.3 Å². The number of carbonyl (C=O) groups is 2. The van der Waals surface area contributed by atoms with E-state index in [9.17, 15) is 9.59 Å². The molecule has 0 spiro atoms. The summed E-state index contributed by atoms with van der Waals surface area (Å²) in [6.45, 7) is 1.74. The number of aryl methyl sites for hydroxylation is 1. The Morgan fingerprint density at radius 2 is 2.00 bits per heavy atom. The van der Waals surface area contributed by atoms with E-state index in [0.29, 0.717) is 23.6 Å². The molecule has 2 rings (SSSR count). The van der Waals surface area contributed by atoms with Gasteiger partial charge in [-0.1, -0.05) is 18.2 Å². The zero-order chi connectivity index (χ0) is 15.2. The van der Waals surface area contributed by atoms with Crippen molar-refractivity contribution in [3.8, 4) is 0 Å². The molecule has 0 radical (unpaired) electrons. The molecule has 6 heteroatoms. The Bertz CT molecular complexity index is 638. The lowest BCUT2D eigenvalue weighted by Gasteiger charge is -2.04. The van der Waals surface area contributed by atoms with Crippen LogP contribution in [0.15, 0.2) is 41.3 Å². The maximum atomic E-state index is 11.9. The number of hydrogen-bond donors (Lipinski definition) is 3. The first kappa shape index (κ1) is 15.2. The second-order valence-electron chi connectivity index (χ2n) is 4.51. The van der Waals surface area contributed by atoms with Gasteiger partial charge in [0.05, 0.1) is 5.69 Å². The lowest BCUT2D eigenvalue weighted by Crippen LogP contribution is -2.14. The Kier molecular flexibility index (Phi) is 5.05. The highest BCUT2D eigenvalue weighted by Crippen LogP contribution is 2.20. The number of aromatic amines is 1. The minimum atomic E-state index is -1.09. The van der Waals surface area contributed by atoms with Crippen LogP contribution in [0, 0.1) is 6.92 Å². The summed E-state index contributed by atoms with van der Waals surface area (Å²) in [5.74, 6) is -0.640. The molecule has 110 valence electrons. The van der Waals surface area contributed by atoms with Crippen molar-refractivity contribution < 1.29 is 14.7 Å². The summed E-state index contributed by atoms with van der Waals surface area (Å²) in [5.41, 5.74) is 1.02. The van der Waals surface area contributed by atoms with Gasteiger partial charge >= 0.3 is 5.97 Å². The Morgan fingerprint density at radius 3 is 2.67 bits per heavy atom. The fourth-order valence-corrected chi connectivity index (χ4v) is 2.72. The fourth-order valence-electron chi connectivity index (χ4n) is 1.85. The van der Waals surface area contributed by atoms with Crippen LogP contribution < -0.4 is 5.32 Å². The first-order chi connectivity index (χ1) is 10.1. The molecule has 21 heavy (non-hydrogen) atoms. The van der Waals surface area contributed by atoms with Crippen LogP contribution in [-0.4, -0.2) is 27.7 Å². The Labute approximate surface area is 126 Å². The standard InChI is InChI=1S/C15H16N2O3S/c1-10-9-12(14(16-10)15(19)20)17-13(18)7-8-21-11-5-3-2-4-6-11/h2-6,9,16H,7-8H2,1H3,(H,17,18)(H,19,20). The Hall–Kier alpha value is -2.21. The molecule has 0 saturated carbocycles. The molecule has 0 aliphatic heterocycles. The largest absolute Gasteiger partial charge is 0.477 e. The molecule has 3 N–H and O–H groups in total. The molecule has 0 aliphatic carbocycles. The number of benzene rings is 1. The van der Waals surface area contributed by atoms with Gasteiger partial charge in [-0.15, -0.1) is 11.8 Å². The van der Waals surface area contributed by atoms with E-state index < -0.39 is 5.97 Å². The molecule has 1 aromatic heterocycles. The number of carboxylic acids is 1. The summed E-state index contributed by atoms with van der Waals surface area (Å²) in [6, 6.07) is 11.4. The van der Waals surface area contributed by atoms with Crippen LogP contribution in [-0.2, 0) is 4.79 Å². The van der Waals surface area contributed by atoms with Crippen molar-refractivity contribution in [2.24, 2.45) is 0 Å². The van der Waals surface area contributed by atoms with Crippen molar-refractivity contribution in [2.45, 2.75) is 18.2 Å². The minimum Gasteiger partial charge on any atom is -0.477 e. The van der Waals surface area contributed by atoms with Crippen LogP contribution in [0.2, 0.25) is 0 Å². The number of H-pyrrole nitrogens is 1. The van der Waals surface area contributed by atoms with Crippen LogP contribution in [0.1, 0.15) is 22.6 Å². The van der Waals surface area contributed by atoms with Gasteiger partial charge in [-0.05, 0) is 25.1 Å². The minimum absolute atomic E-state index is 0.0107. The number of carboxylic acid groups (broad SMARTS) is 1. The van der Waals surface area contributed by atoms with Gasteiger partial charge in [0.2, 0.25) is 5.91 Å². The SMILES string of the molecule is Cc1cc(NC(=O)CCSc2ccccc2)c(C(=O)O)[nH]1. The van der Waals surface area contributed by atoms with Crippen LogP contribution >= 0.6 is 11.8 Å². The zero-order valence-electron chi connectivity index (χ0n) is 11.6. The predicted molar refractivity (Wildman–Crippen MR) is 82.9 cm³/mol. The van der Waals surface area contributed by atoms with Crippen molar-refractivity contribution in [1.82, 2.24) is 4.98 Å². The second kappa shape index (κ2) is 6.99. The van der Waals surface area contributed by atoms with Crippen molar-refractivity contribution in [1.29, 1.82) is 0 Å². The van der Waals surface area contributed by atoms with E-state index in [2.05, 4.69) is 10.3 Å². The third-order valence-electron chi connectivity index (χ3n) is 2.78. The molecular weight excluding hydrogens is 288 g/mol. The lowest BCUT2D eigenvalue weighted by atomic mass is 10.3. The maximum Gasteiger partial charge on any atom is 0.354 e. The normalized spacial score (nSPS) is 10.3. The number of hydrogen-bond acceptors (Lipinski definition) is 3. The van der Waals surface area contributed by atoms with E-state index in [1.165, 1.54) is 0 Å². The average molecular weight is 304 g/mol. The fraction of sp³-hybridized carbons (Fsp3) is 0.200. The number of aromatic nitrogens is 1. The van der Waals surface area contributed by atoms with E-state index in [-0.39, 0.29) is 11.6 Å². The summed E-state index contributed by atoms with van der Waals surface area (Å²) in [7, 11) is 0. The van der Waals surface area contributed by atoms with Crippen molar-refractivity contribution in [3.63, 3.8) is 0 Å². The van der Waals surface area contributed by atoms with Gasteiger partial charge in [0.15, 0.2) is 0 Å². The summed E-state index contributed by atoms with van der Waals surface area (Å²) in [5, 5.41) is 11.7. The number of anilines is 1. The summed E-state index contributed by atoms with van der Waals surface area (Å²) < 4.78 is 0. The topological polar surface area (TPSA) is 82.2 Å². The third kappa shape index (κ3) is 4.39. The predicted octanol–water partition coefficient (Wildman–Crippen LogP) is 3.14. The Balaban J connectivity index is 1.86. The smallest absolute Gasteiger partial charge is 0.354 e. The molecule has 0 atom stereocenters. The quantitative estimate of drug-likeness (QED) is 0.716. The second-order valence-corrected chi connectivity index (χ2v) is 5.67. The zero-order valence-corrected chi connectivity index (χ0v) is 12.4. The lowest BCUT2D eigenvalue weighted by molar-refractivity contribution is -0.115. The molecule has 5 nitrogen and oxygen atoms in total. The van der Waals surface area contributed by atoms with Gasteiger partial charge in [-0.3, -0.25) is 4.79 Å². The van der Waals surface area contributed by atoms with Gasteiger partial charge in [0, 0.05) is 22.8 Å². The third-order valence-corrected chi connectivity index (χ3v) is 3.80. The molecule has 0 saturated heterocycles. The monoisotopic (exact) mass is 304 g/mol. The highest BCUT2D eigenvalue weighted by molar-refractivity contribution is 7.99. The number of aromatic carboxylic acids is 1. The number of thioether (sulfide) groups is 1. The van der Waals surface area contributed by atoms with Crippen LogP contribution in [0.3, 0.4) is 0 Å². The van der Waals surface area contributed by atoms with E-state index in [1.807, 2.05) is 30.3 Å². The van der Waals surface area contributed by atoms with Crippen LogP contribution in [0.5, 0.6) is 0 Å². The summed E-state index contributed by atoms with van der Waals surface area (Å²) >= 11 is 1.59. The molecule has 1 amide bonds. The summed E-state index contributed by atoms with van der Waals surface area (Å²) in [6.07, 6.45) is 0.322. The molecule has 1 heterocycles. The van der Waals surface area contributed by atoms with Gasteiger partial charge in [-0.25, -0.2) is 4.79 Å². The maximum absolute atomic E-state index is 11.9. The Morgan fingerprint density at radius 1 is 1.29 bits per heavy atom. The van der Waals surface area contributed by atoms with Gasteiger partial charge in [0.1, 0.15) is 5.69 Å². The molecule has 0 unspecified atom stereocenters. The first-order valence-corrected chi connectivity index (χ1v) is 7.45. The number of rotatable bonds is 6. The van der Waals surface area contributed by atoms with Gasteiger partial charge in [0.25, 0.3) is 0 Å². The molecular formula is C15H16N2O3S.